The fourth-order valence-corrected chi connectivity index (χ4v) is 3.48. The van der Waals surface area contributed by atoms with E-state index in [1.165, 1.54) is 7.11 Å². The lowest BCUT2D eigenvalue weighted by Gasteiger charge is -2.10. The summed E-state index contributed by atoms with van der Waals surface area (Å²) in [5, 5.41) is 3.73. The first-order valence-electron chi connectivity index (χ1n) is 8.88. The van der Waals surface area contributed by atoms with Gasteiger partial charge in [0, 0.05) is 21.8 Å². The van der Waals surface area contributed by atoms with Gasteiger partial charge < -0.3 is 19.2 Å². The van der Waals surface area contributed by atoms with Crippen LogP contribution in [-0.2, 0) is 0 Å². The molecule has 1 amide bonds. The van der Waals surface area contributed by atoms with Crippen molar-refractivity contribution in [2.24, 2.45) is 0 Å². The van der Waals surface area contributed by atoms with Crippen molar-refractivity contribution in [1.82, 2.24) is 4.98 Å². The first-order valence-corrected chi connectivity index (χ1v) is 9.63. The van der Waals surface area contributed by atoms with Gasteiger partial charge in [0.15, 0.2) is 17.1 Å². The van der Waals surface area contributed by atoms with E-state index in [1.54, 1.807) is 61.7 Å². The second kappa shape index (κ2) is 8.26. The quantitative estimate of drug-likeness (QED) is 0.405. The van der Waals surface area contributed by atoms with Crippen molar-refractivity contribution in [3.8, 4) is 23.0 Å². The predicted octanol–water partition coefficient (Wildman–Crippen LogP) is 6.07. The fourth-order valence-electron chi connectivity index (χ4n) is 2.96. The monoisotopic (exact) mass is 442 g/mol. The van der Waals surface area contributed by atoms with Gasteiger partial charge in [0.1, 0.15) is 5.52 Å². The van der Waals surface area contributed by atoms with E-state index in [0.29, 0.717) is 49.8 Å². The number of ether oxygens (including phenoxy) is 2. The highest BCUT2D eigenvalue weighted by molar-refractivity contribution is 6.38. The van der Waals surface area contributed by atoms with E-state index in [1.807, 2.05) is 0 Å². The molecule has 0 aliphatic heterocycles. The highest BCUT2D eigenvalue weighted by Crippen LogP contribution is 2.32. The maximum absolute atomic E-state index is 12.6. The van der Waals surface area contributed by atoms with E-state index in [4.69, 9.17) is 37.1 Å². The Bertz CT molecular complexity index is 1240. The van der Waals surface area contributed by atoms with Crippen LogP contribution in [0.1, 0.15) is 10.4 Å². The van der Waals surface area contributed by atoms with Crippen LogP contribution in [-0.4, -0.2) is 25.1 Å². The molecular formula is C22H16Cl2N2O4. The molecule has 1 aromatic heterocycles. The van der Waals surface area contributed by atoms with Gasteiger partial charge in [-0.3, -0.25) is 4.79 Å². The Kier molecular flexibility index (Phi) is 5.53. The van der Waals surface area contributed by atoms with Gasteiger partial charge in [-0.25, -0.2) is 4.98 Å². The second-order valence-electron chi connectivity index (χ2n) is 6.36. The molecule has 0 fully saturated rings. The summed E-state index contributed by atoms with van der Waals surface area (Å²) in [7, 11) is 3.06. The molecule has 0 aliphatic carbocycles. The predicted molar refractivity (Wildman–Crippen MR) is 117 cm³/mol. The summed E-state index contributed by atoms with van der Waals surface area (Å²) in [6.07, 6.45) is 0. The number of nitrogens with one attached hydrogen (secondary N) is 1. The number of carbonyl (C=O) groups excluding carboxylic acids is 1. The summed E-state index contributed by atoms with van der Waals surface area (Å²) in [6.45, 7) is 0. The fraction of sp³-hybridized carbons (Fsp3) is 0.0909. The smallest absolute Gasteiger partial charge is 0.255 e. The van der Waals surface area contributed by atoms with E-state index in [2.05, 4.69) is 10.3 Å². The van der Waals surface area contributed by atoms with Crippen molar-refractivity contribution >= 4 is 45.9 Å². The number of carbonyl (C=O) groups is 1. The van der Waals surface area contributed by atoms with Crippen molar-refractivity contribution < 1.29 is 18.7 Å². The molecule has 4 rings (SSSR count). The maximum Gasteiger partial charge on any atom is 0.255 e. The molecule has 4 aromatic rings. The van der Waals surface area contributed by atoms with Gasteiger partial charge >= 0.3 is 0 Å². The van der Waals surface area contributed by atoms with Crippen molar-refractivity contribution in [2.45, 2.75) is 0 Å². The molecule has 3 aromatic carbocycles. The summed E-state index contributed by atoms with van der Waals surface area (Å²) >= 11 is 12.2. The number of amides is 1. The van der Waals surface area contributed by atoms with E-state index >= 15 is 0 Å². The standard InChI is InChI=1S/C22H16Cl2N2O4/c1-28-18-8-5-13(9-19(18)29-2)21(27)25-15-6-3-12(4-7-15)22-26-17-11-14(23)10-16(24)20(17)30-22/h3-11H,1-2H3,(H,25,27). The normalized spacial score (nSPS) is 10.8. The lowest BCUT2D eigenvalue weighted by molar-refractivity contribution is 0.102. The number of halogens is 2. The third-order valence-corrected chi connectivity index (χ3v) is 4.94. The van der Waals surface area contributed by atoms with Crippen LogP contribution in [0.5, 0.6) is 11.5 Å². The number of benzene rings is 3. The number of rotatable bonds is 5. The highest BCUT2D eigenvalue weighted by atomic mass is 35.5. The summed E-state index contributed by atoms with van der Waals surface area (Å²) < 4.78 is 16.2. The first kappa shape index (κ1) is 20.1. The zero-order valence-electron chi connectivity index (χ0n) is 16.0. The number of anilines is 1. The van der Waals surface area contributed by atoms with E-state index in [-0.39, 0.29) is 5.91 Å². The first-order chi connectivity index (χ1) is 14.5. The number of nitrogens with zero attached hydrogens (tertiary/aromatic N) is 1. The Morgan fingerprint density at radius 2 is 1.70 bits per heavy atom. The summed E-state index contributed by atoms with van der Waals surface area (Å²) in [5.41, 5.74) is 2.86. The Morgan fingerprint density at radius 3 is 2.40 bits per heavy atom. The molecule has 0 saturated heterocycles. The number of oxazole rings is 1. The number of aromatic nitrogens is 1. The van der Waals surface area contributed by atoms with Gasteiger partial charge in [-0.1, -0.05) is 23.2 Å². The van der Waals surface area contributed by atoms with Gasteiger partial charge in [0.25, 0.3) is 5.91 Å². The lowest BCUT2D eigenvalue weighted by Crippen LogP contribution is -2.12. The van der Waals surface area contributed by atoms with Gasteiger partial charge in [-0.15, -0.1) is 0 Å². The molecule has 0 radical (unpaired) electrons. The van der Waals surface area contributed by atoms with Crippen LogP contribution >= 0.6 is 23.2 Å². The number of hydrogen-bond donors (Lipinski definition) is 1. The zero-order valence-corrected chi connectivity index (χ0v) is 17.5. The number of methoxy groups -OCH3 is 2. The molecule has 1 N–H and O–H groups in total. The number of fused-ring (bicyclic) bond motifs is 1. The van der Waals surface area contributed by atoms with Crippen LogP contribution in [0, 0.1) is 0 Å². The van der Waals surface area contributed by atoms with Crippen molar-refractivity contribution in [3.05, 3.63) is 70.2 Å². The summed E-state index contributed by atoms with van der Waals surface area (Å²) in [4.78, 5) is 17.0. The van der Waals surface area contributed by atoms with Crippen LogP contribution in [0.2, 0.25) is 10.0 Å². The second-order valence-corrected chi connectivity index (χ2v) is 7.20. The van der Waals surface area contributed by atoms with Crippen molar-refractivity contribution in [2.75, 3.05) is 19.5 Å². The van der Waals surface area contributed by atoms with Crippen molar-refractivity contribution in [1.29, 1.82) is 0 Å². The molecule has 0 aliphatic rings. The topological polar surface area (TPSA) is 73.6 Å². The van der Waals surface area contributed by atoms with Gasteiger partial charge in [-0.2, -0.15) is 0 Å². The molecule has 0 saturated carbocycles. The largest absolute Gasteiger partial charge is 0.493 e. The minimum absolute atomic E-state index is 0.271. The van der Waals surface area contributed by atoms with Crippen LogP contribution in [0.3, 0.4) is 0 Å². The van der Waals surface area contributed by atoms with Crippen LogP contribution in [0.4, 0.5) is 5.69 Å². The summed E-state index contributed by atoms with van der Waals surface area (Å²) in [5.74, 6) is 1.17. The lowest BCUT2D eigenvalue weighted by atomic mass is 10.1. The molecule has 0 atom stereocenters. The van der Waals surface area contributed by atoms with E-state index < -0.39 is 0 Å². The minimum atomic E-state index is -0.271. The maximum atomic E-state index is 12.6. The zero-order chi connectivity index (χ0) is 21.3. The molecular weight excluding hydrogens is 427 g/mol. The molecule has 0 unspecified atom stereocenters. The third-order valence-electron chi connectivity index (χ3n) is 4.44. The van der Waals surface area contributed by atoms with E-state index in [9.17, 15) is 4.79 Å². The van der Waals surface area contributed by atoms with Gasteiger partial charge in [0.2, 0.25) is 5.89 Å². The minimum Gasteiger partial charge on any atom is -0.493 e. The van der Waals surface area contributed by atoms with Crippen LogP contribution in [0.15, 0.2) is 59.0 Å². The molecule has 1 heterocycles. The Balaban J connectivity index is 1.54. The Labute approximate surface area is 182 Å². The Hall–Kier alpha value is -3.22. The number of hydrogen-bond acceptors (Lipinski definition) is 5. The van der Waals surface area contributed by atoms with Crippen LogP contribution in [0.25, 0.3) is 22.6 Å². The van der Waals surface area contributed by atoms with Gasteiger partial charge in [-0.05, 0) is 54.6 Å². The van der Waals surface area contributed by atoms with E-state index in [0.717, 1.165) is 5.56 Å². The molecule has 6 nitrogen and oxygen atoms in total. The average Bonchev–Trinajstić information content (AvgIpc) is 3.18. The average molecular weight is 443 g/mol. The van der Waals surface area contributed by atoms with Crippen LogP contribution < -0.4 is 14.8 Å². The molecule has 0 spiro atoms. The third kappa shape index (κ3) is 3.92. The Morgan fingerprint density at radius 1 is 0.967 bits per heavy atom. The molecule has 0 bridgehead atoms. The molecule has 30 heavy (non-hydrogen) atoms. The van der Waals surface area contributed by atoms with Gasteiger partial charge in [0.05, 0.1) is 19.2 Å². The SMILES string of the molecule is COc1ccc(C(=O)Nc2ccc(-c3nc4cc(Cl)cc(Cl)c4o3)cc2)cc1OC. The summed E-state index contributed by atoms with van der Waals surface area (Å²) in [6, 6.07) is 15.4. The molecule has 152 valence electrons. The molecule has 8 heteroatoms. The van der Waals surface area contributed by atoms with Crippen molar-refractivity contribution in [3.63, 3.8) is 0 Å². The highest BCUT2D eigenvalue weighted by Gasteiger charge is 2.14.